The number of esters is 1. The molecule has 1 N–H and O–H groups in total. The van der Waals surface area contributed by atoms with Gasteiger partial charge in [0.2, 0.25) is 5.91 Å². The summed E-state index contributed by atoms with van der Waals surface area (Å²) in [5, 5.41) is 10.2. The first-order chi connectivity index (χ1) is 16.4. The number of ether oxygens (including phenoxy) is 1. The molecule has 0 unspecified atom stereocenters. The summed E-state index contributed by atoms with van der Waals surface area (Å²) in [6.45, 7) is 3.78. The normalized spacial score (nSPS) is 11.9. The Morgan fingerprint density at radius 3 is 2.47 bits per heavy atom. The van der Waals surface area contributed by atoms with Crippen molar-refractivity contribution in [2.24, 2.45) is 0 Å². The first kappa shape index (κ1) is 23.7. The number of amides is 1. The zero-order valence-electron chi connectivity index (χ0n) is 18.6. The minimum atomic E-state index is -0.651. The predicted molar refractivity (Wildman–Crippen MR) is 134 cm³/mol. The molecule has 2 heterocycles. The smallest absolute Gasteiger partial charge is 0.359 e. The summed E-state index contributed by atoms with van der Waals surface area (Å²) in [6.07, 6.45) is 0.587. The average molecular weight is 496 g/mol. The minimum absolute atomic E-state index is 0.00162. The van der Waals surface area contributed by atoms with Gasteiger partial charge in [0.1, 0.15) is 5.00 Å². The molecule has 4 rings (SSSR count). The fraction of sp³-hybridized carbons (Fsp3) is 0.200. The van der Waals surface area contributed by atoms with Gasteiger partial charge in [-0.25, -0.2) is 4.79 Å². The second kappa shape index (κ2) is 10.2. The second-order valence-corrected chi connectivity index (χ2v) is 8.79. The number of benzene rings is 2. The first-order valence-corrected chi connectivity index (χ1v) is 12.0. The molecule has 0 saturated heterocycles. The van der Waals surface area contributed by atoms with Crippen LogP contribution in [0.15, 0.2) is 64.8 Å². The third kappa shape index (κ3) is 4.60. The Bertz CT molecular complexity index is 1400. The van der Waals surface area contributed by atoms with Gasteiger partial charge in [0.15, 0.2) is 5.69 Å². The van der Waals surface area contributed by atoms with E-state index in [-0.39, 0.29) is 29.5 Å². The van der Waals surface area contributed by atoms with E-state index in [0.717, 1.165) is 10.2 Å². The van der Waals surface area contributed by atoms with Crippen molar-refractivity contribution in [3.8, 4) is 5.69 Å². The molecule has 34 heavy (non-hydrogen) atoms. The molecule has 0 bridgehead atoms. The van der Waals surface area contributed by atoms with Crippen LogP contribution in [0.4, 0.5) is 5.00 Å². The molecule has 0 saturated carbocycles. The number of thiophene rings is 1. The molecule has 0 radical (unpaired) electrons. The third-order valence-corrected chi connectivity index (χ3v) is 6.50. The van der Waals surface area contributed by atoms with Crippen LogP contribution in [-0.4, -0.2) is 28.3 Å². The van der Waals surface area contributed by atoms with Crippen molar-refractivity contribution >= 4 is 50.6 Å². The Hall–Kier alpha value is -3.49. The number of nitrogens with zero attached hydrogens (tertiary/aromatic N) is 2. The van der Waals surface area contributed by atoms with Gasteiger partial charge in [-0.2, -0.15) is 9.78 Å². The standard InChI is InChI=1S/C25H22ClN3O4S/c1-3-18(15-8-6-5-7-9-15)22(30)27-23-20-19(14-34-23)21(25(32)33-4-2)28-29(24(20)31)17-12-10-16(26)11-13-17/h5-14,18H,3-4H2,1-2H3,(H,27,30)/t18-/m1/s1. The van der Waals surface area contributed by atoms with Gasteiger partial charge in [-0.1, -0.05) is 48.9 Å². The summed E-state index contributed by atoms with van der Waals surface area (Å²) in [5.41, 5.74) is 0.852. The van der Waals surface area contributed by atoms with Crippen molar-refractivity contribution < 1.29 is 14.3 Å². The number of nitrogens with one attached hydrogen (secondary N) is 1. The lowest BCUT2D eigenvalue weighted by atomic mass is 9.96. The van der Waals surface area contributed by atoms with E-state index in [1.165, 1.54) is 11.3 Å². The molecule has 1 atom stereocenters. The van der Waals surface area contributed by atoms with Crippen molar-refractivity contribution in [1.29, 1.82) is 0 Å². The summed E-state index contributed by atoms with van der Waals surface area (Å²) >= 11 is 7.16. The SMILES string of the molecule is CCOC(=O)c1nn(-c2ccc(Cl)cc2)c(=O)c2c(NC(=O)[C@H](CC)c3ccccc3)scc12. The van der Waals surface area contributed by atoms with Gasteiger partial charge in [0, 0.05) is 15.8 Å². The zero-order valence-corrected chi connectivity index (χ0v) is 20.2. The summed E-state index contributed by atoms with van der Waals surface area (Å²) in [7, 11) is 0. The predicted octanol–water partition coefficient (Wildman–Crippen LogP) is 5.41. The van der Waals surface area contributed by atoms with Crippen molar-refractivity contribution in [1.82, 2.24) is 9.78 Å². The van der Waals surface area contributed by atoms with Gasteiger partial charge in [-0.15, -0.1) is 11.3 Å². The average Bonchev–Trinajstić information content (AvgIpc) is 3.25. The maximum atomic E-state index is 13.5. The maximum Gasteiger partial charge on any atom is 0.359 e. The van der Waals surface area contributed by atoms with Crippen LogP contribution in [0.5, 0.6) is 0 Å². The Labute approximate surface area is 204 Å². The van der Waals surface area contributed by atoms with Crippen LogP contribution in [0.2, 0.25) is 5.02 Å². The Balaban J connectivity index is 1.84. The molecular formula is C25H22ClN3O4S. The number of aromatic nitrogens is 2. The summed E-state index contributed by atoms with van der Waals surface area (Å²) < 4.78 is 6.30. The monoisotopic (exact) mass is 495 g/mol. The topological polar surface area (TPSA) is 90.3 Å². The fourth-order valence-electron chi connectivity index (χ4n) is 3.71. The lowest BCUT2D eigenvalue weighted by Gasteiger charge is -2.15. The number of carbonyl (C=O) groups is 2. The van der Waals surface area contributed by atoms with Crippen LogP contribution in [0, 0.1) is 0 Å². The van der Waals surface area contributed by atoms with Crippen LogP contribution in [0.25, 0.3) is 16.5 Å². The van der Waals surface area contributed by atoms with E-state index in [4.69, 9.17) is 16.3 Å². The molecule has 0 fully saturated rings. The van der Waals surface area contributed by atoms with Gasteiger partial charge < -0.3 is 10.1 Å². The van der Waals surface area contributed by atoms with E-state index < -0.39 is 11.5 Å². The van der Waals surface area contributed by atoms with Crippen LogP contribution >= 0.6 is 22.9 Å². The molecule has 174 valence electrons. The van der Waals surface area contributed by atoms with Crippen molar-refractivity contribution in [3.63, 3.8) is 0 Å². The van der Waals surface area contributed by atoms with Gasteiger partial charge in [0.25, 0.3) is 5.56 Å². The molecule has 2 aromatic carbocycles. The highest BCUT2D eigenvalue weighted by Crippen LogP contribution is 2.32. The van der Waals surface area contributed by atoms with Gasteiger partial charge in [0.05, 0.1) is 23.6 Å². The van der Waals surface area contributed by atoms with Crippen molar-refractivity contribution in [3.05, 3.63) is 86.6 Å². The molecule has 9 heteroatoms. The fourth-order valence-corrected chi connectivity index (χ4v) is 4.77. The number of fused-ring (bicyclic) bond motifs is 1. The lowest BCUT2D eigenvalue weighted by molar-refractivity contribution is -0.117. The van der Waals surface area contributed by atoms with Crippen molar-refractivity contribution in [2.75, 3.05) is 11.9 Å². The van der Waals surface area contributed by atoms with Crippen molar-refractivity contribution in [2.45, 2.75) is 26.2 Å². The highest BCUT2D eigenvalue weighted by Gasteiger charge is 2.25. The lowest BCUT2D eigenvalue weighted by Crippen LogP contribution is -2.26. The second-order valence-electron chi connectivity index (χ2n) is 7.48. The molecule has 0 aliphatic heterocycles. The number of anilines is 1. The van der Waals surface area contributed by atoms with E-state index in [1.807, 2.05) is 37.3 Å². The maximum absolute atomic E-state index is 13.5. The van der Waals surface area contributed by atoms with Crippen LogP contribution in [0.1, 0.15) is 42.2 Å². The zero-order chi connectivity index (χ0) is 24.2. The molecule has 0 aliphatic carbocycles. The molecule has 0 aliphatic rings. The van der Waals surface area contributed by atoms with Crippen LogP contribution < -0.4 is 10.9 Å². The molecule has 4 aromatic rings. The van der Waals surface area contributed by atoms with Gasteiger partial charge in [-0.3, -0.25) is 9.59 Å². The molecule has 7 nitrogen and oxygen atoms in total. The van der Waals surface area contributed by atoms with E-state index in [2.05, 4.69) is 10.4 Å². The van der Waals surface area contributed by atoms with E-state index in [9.17, 15) is 14.4 Å². The quantitative estimate of drug-likeness (QED) is 0.346. The Kier molecular flexibility index (Phi) is 7.09. The third-order valence-electron chi connectivity index (χ3n) is 5.36. The molecule has 1 amide bonds. The summed E-state index contributed by atoms with van der Waals surface area (Å²) in [5.74, 6) is -1.27. The van der Waals surface area contributed by atoms with Crippen LogP contribution in [0.3, 0.4) is 0 Å². The molecular weight excluding hydrogens is 474 g/mol. The highest BCUT2D eigenvalue weighted by molar-refractivity contribution is 7.16. The summed E-state index contributed by atoms with van der Waals surface area (Å²) in [6, 6.07) is 16.0. The molecule has 2 aromatic heterocycles. The molecule has 0 spiro atoms. The first-order valence-electron chi connectivity index (χ1n) is 10.8. The van der Waals surface area contributed by atoms with Gasteiger partial charge >= 0.3 is 5.97 Å². The van der Waals surface area contributed by atoms with Crippen LogP contribution in [-0.2, 0) is 9.53 Å². The highest BCUT2D eigenvalue weighted by atomic mass is 35.5. The van der Waals surface area contributed by atoms with E-state index in [1.54, 1.807) is 36.6 Å². The number of halogens is 1. The number of hydrogen-bond acceptors (Lipinski definition) is 6. The number of rotatable bonds is 7. The number of hydrogen-bond donors (Lipinski definition) is 1. The van der Waals surface area contributed by atoms with E-state index in [0.29, 0.717) is 27.5 Å². The Morgan fingerprint density at radius 1 is 1.12 bits per heavy atom. The number of carbonyl (C=O) groups excluding carboxylic acids is 2. The minimum Gasteiger partial charge on any atom is -0.461 e. The summed E-state index contributed by atoms with van der Waals surface area (Å²) in [4.78, 5) is 39.3. The largest absolute Gasteiger partial charge is 0.461 e. The van der Waals surface area contributed by atoms with E-state index >= 15 is 0 Å². The van der Waals surface area contributed by atoms with Gasteiger partial charge in [-0.05, 0) is 43.2 Å². The Morgan fingerprint density at radius 2 is 1.82 bits per heavy atom.